The summed E-state index contributed by atoms with van der Waals surface area (Å²) in [6, 6.07) is 0. The van der Waals surface area contributed by atoms with Gasteiger partial charge >= 0.3 is 0 Å². The molecule has 0 fully saturated rings. The highest BCUT2D eigenvalue weighted by Gasteiger charge is 2.12. The molecule has 4 nitrogen and oxygen atoms in total. The first-order valence-electron chi connectivity index (χ1n) is 6.44. The number of thioether (sulfide) groups is 1. The summed E-state index contributed by atoms with van der Waals surface area (Å²) in [6.45, 7) is 7.91. The number of aromatic nitrogens is 2. The molecule has 0 radical (unpaired) electrons. The molecule has 0 aromatic carbocycles. The summed E-state index contributed by atoms with van der Waals surface area (Å²) in [4.78, 5) is 9.19. The van der Waals surface area contributed by atoms with Crippen molar-refractivity contribution in [2.45, 2.75) is 33.1 Å². The van der Waals surface area contributed by atoms with Crippen LogP contribution in [-0.2, 0) is 17.1 Å². The summed E-state index contributed by atoms with van der Waals surface area (Å²) >= 11 is 4.16. The van der Waals surface area contributed by atoms with Crippen molar-refractivity contribution in [1.82, 2.24) is 9.97 Å². The van der Waals surface area contributed by atoms with Crippen molar-refractivity contribution in [2.75, 3.05) is 24.7 Å². The minimum Gasteiger partial charge on any atom is -0.378 e. The van der Waals surface area contributed by atoms with Crippen molar-refractivity contribution >= 4 is 40.2 Å². The molecular formula is C13H22IN3OS. The fraction of sp³-hybridized carbons (Fsp3) is 0.692. The molecule has 1 aromatic heterocycles. The van der Waals surface area contributed by atoms with Crippen LogP contribution in [0, 0.1) is 9.49 Å². The number of nitrogens with one attached hydrogen (secondary N) is 1. The summed E-state index contributed by atoms with van der Waals surface area (Å²) in [7, 11) is 1.69. The molecule has 0 aliphatic heterocycles. The van der Waals surface area contributed by atoms with Crippen LogP contribution in [-0.4, -0.2) is 29.4 Å². The van der Waals surface area contributed by atoms with E-state index < -0.39 is 0 Å². The lowest BCUT2D eigenvalue weighted by molar-refractivity contribution is 0.180. The molecule has 1 heterocycles. The number of methoxy groups -OCH3 is 1. The normalized spacial score (nSPS) is 11.1. The Labute approximate surface area is 133 Å². The van der Waals surface area contributed by atoms with Crippen molar-refractivity contribution in [2.24, 2.45) is 5.92 Å². The van der Waals surface area contributed by atoms with E-state index in [1.807, 2.05) is 11.8 Å². The van der Waals surface area contributed by atoms with Crippen molar-refractivity contribution in [3.63, 3.8) is 0 Å². The molecular weight excluding hydrogens is 373 g/mol. The Morgan fingerprint density at radius 1 is 1.37 bits per heavy atom. The van der Waals surface area contributed by atoms with E-state index in [0.29, 0.717) is 12.5 Å². The zero-order valence-electron chi connectivity index (χ0n) is 12.0. The smallest absolute Gasteiger partial charge is 0.143 e. The predicted octanol–water partition coefficient (Wildman–Crippen LogP) is 3.55. The molecule has 0 aliphatic carbocycles. The molecule has 0 bridgehead atoms. The fourth-order valence-corrected chi connectivity index (χ4v) is 3.00. The number of hydrogen-bond acceptors (Lipinski definition) is 5. The first kappa shape index (κ1) is 17.0. The SMILES string of the molecule is CCNc1nc(CSCC(C)C)nc(COC)c1I. The van der Waals surface area contributed by atoms with E-state index in [4.69, 9.17) is 4.74 Å². The first-order valence-corrected chi connectivity index (χ1v) is 8.67. The third kappa shape index (κ3) is 5.83. The van der Waals surface area contributed by atoms with Crippen LogP contribution in [0.15, 0.2) is 0 Å². The Hall–Kier alpha value is -0.0800. The van der Waals surface area contributed by atoms with E-state index in [1.54, 1.807) is 7.11 Å². The standard InChI is InChI=1S/C13H22IN3OS/c1-5-15-13-12(14)10(6-18-4)16-11(17-13)8-19-7-9(2)3/h9H,5-8H2,1-4H3,(H,15,16,17). The summed E-state index contributed by atoms with van der Waals surface area (Å²) in [5, 5.41) is 3.29. The van der Waals surface area contributed by atoms with Crippen LogP contribution in [0.5, 0.6) is 0 Å². The lowest BCUT2D eigenvalue weighted by atomic mass is 10.3. The van der Waals surface area contributed by atoms with Gasteiger partial charge in [-0.1, -0.05) is 13.8 Å². The summed E-state index contributed by atoms with van der Waals surface area (Å²) in [5.41, 5.74) is 0.967. The molecule has 0 aliphatic rings. The van der Waals surface area contributed by atoms with Gasteiger partial charge in [0.25, 0.3) is 0 Å². The maximum Gasteiger partial charge on any atom is 0.143 e. The van der Waals surface area contributed by atoms with Crippen molar-refractivity contribution in [1.29, 1.82) is 0 Å². The molecule has 0 atom stereocenters. The lowest BCUT2D eigenvalue weighted by Crippen LogP contribution is -2.10. The van der Waals surface area contributed by atoms with E-state index in [-0.39, 0.29) is 0 Å². The van der Waals surface area contributed by atoms with Crippen LogP contribution in [0.3, 0.4) is 0 Å². The van der Waals surface area contributed by atoms with E-state index >= 15 is 0 Å². The summed E-state index contributed by atoms with van der Waals surface area (Å²) in [6.07, 6.45) is 0. The lowest BCUT2D eigenvalue weighted by Gasteiger charge is -2.12. The molecule has 0 unspecified atom stereocenters. The maximum atomic E-state index is 5.21. The molecule has 0 saturated heterocycles. The molecule has 0 spiro atoms. The monoisotopic (exact) mass is 395 g/mol. The quantitative estimate of drug-likeness (QED) is 0.683. The van der Waals surface area contributed by atoms with Crippen molar-refractivity contribution < 1.29 is 4.74 Å². The van der Waals surface area contributed by atoms with Crippen molar-refractivity contribution in [3.05, 3.63) is 15.1 Å². The second-order valence-corrected chi connectivity index (χ2v) is 6.73. The Balaban J connectivity index is 2.84. The number of anilines is 1. The summed E-state index contributed by atoms with van der Waals surface area (Å²) in [5.74, 6) is 4.48. The van der Waals surface area contributed by atoms with Crippen LogP contribution in [0.2, 0.25) is 0 Å². The van der Waals surface area contributed by atoms with Gasteiger partial charge in [0.05, 0.1) is 21.6 Å². The minimum absolute atomic E-state index is 0.529. The molecule has 6 heteroatoms. The predicted molar refractivity (Wildman–Crippen MR) is 90.6 cm³/mol. The number of ether oxygens (including phenoxy) is 1. The highest BCUT2D eigenvalue weighted by Crippen LogP contribution is 2.22. The molecule has 1 N–H and O–H groups in total. The average Bonchev–Trinajstić information content (AvgIpc) is 2.35. The van der Waals surface area contributed by atoms with E-state index in [0.717, 1.165) is 39.0 Å². The van der Waals surface area contributed by atoms with E-state index in [1.165, 1.54) is 0 Å². The maximum absolute atomic E-state index is 5.21. The number of halogens is 1. The van der Waals surface area contributed by atoms with Gasteiger partial charge in [-0.2, -0.15) is 11.8 Å². The van der Waals surface area contributed by atoms with Gasteiger partial charge in [-0.15, -0.1) is 0 Å². The van der Waals surface area contributed by atoms with Gasteiger partial charge in [-0.25, -0.2) is 9.97 Å². The highest BCUT2D eigenvalue weighted by molar-refractivity contribution is 14.1. The van der Waals surface area contributed by atoms with Crippen LogP contribution < -0.4 is 5.32 Å². The molecule has 108 valence electrons. The van der Waals surface area contributed by atoms with Gasteiger partial charge in [0.15, 0.2) is 0 Å². The zero-order chi connectivity index (χ0) is 14.3. The number of hydrogen-bond donors (Lipinski definition) is 1. The van der Waals surface area contributed by atoms with Crippen LogP contribution in [0.4, 0.5) is 5.82 Å². The van der Waals surface area contributed by atoms with Crippen molar-refractivity contribution in [3.8, 4) is 0 Å². The molecule has 0 saturated carbocycles. The Kier molecular flexibility index (Phi) is 8.01. The molecule has 19 heavy (non-hydrogen) atoms. The second-order valence-electron chi connectivity index (χ2n) is 4.62. The molecule has 1 rings (SSSR count). The van der Waals surface area contributed by atoms with Gasteiger partial charge in [-0.3, -0.25) is 0 Å². The van der Waals surface area contributed by atoms with Gasteiger partial charge in [0.2, 0.25) is 0 Å². The number of rotatable bonds is 8. The van der Waals surface area contributed by atoms with Gasteiger partial charge in [0.1, 0.15) is 11.6 Å². The largest absolute Gasteiger partial charge is 0.378 e. The van der Waals surface area contributed by atoms with Gasteiger partial charge in [-0.05, 0) is 41.2 Å². The van der Waals surface area contributed by atoms with Gasteiger partial charge < -0.3 is 10.1 Å². The highest BCUT2D eigenvalue weighted by atomic mass is 127. The third-order valence-electron chi connectivity index (χ3n) is 2.27. The zero-order valence-corrected chi connectivity index (χ0v) is 15.0. The van der Waals surface area contributed by atoms with Crippen LogP contribution in [0.25, 0.3) is 0 Å². The molecule has 1 aromatic rings. The average molecular weight is 395 g/mol. The van der Waals surface area contributed by atoms with E-state index in [2.05, 4.69) is 58.6 Å². The Morgan fingerprint density at radius 2 is 2.11 bits per heavy atom. The van der Waals surface area contributed by atoms with Gasteiger partial charge in [0, 0.05) is 13.7 Å². The fourth-order valence-electron chi connectivity index (χ4n) is 1.51. The van der Waals surface area contributed by atoms with Crippen LogP contribution >= 0.6 is 34.4 Å². The first-order chi connectivity index (χ1) is 9.08. The van der Waals surface area contributed by atoms with E-state index in [9.17, 15) is 0 Å². The second kappa shape index (κ2) is 8.97. The molecule has 0 amide bonds. The Morgan fingerprint density at radius 3 is 2.68 bits per heavy atom. The summed E-state index contributed by atoms with van der Waals surface area (Å²) < 4.78 is 6.26. The minimum atomic E-state index is 0.529. The Bertz CT molecular complexity index is 374. The van der Waals surface area contributed by atoms with Crippen LogP contribution in [0.1, 0.15) is 32.3 Å². The third-order valence-corrected chi connectivity index (χ3v) is 4.77. The topological polar surface area (TPSA) is 47.0 Å². The number of nitrogens with zero attached hydrogens (tertiary/aromatic N) is 2.